The standard InChI is InChI=1S/C16H24N4/c1-3-18-16(10-17,13-8-9-13)11-20-12(2)19-14-6-4-5-7-15(14)20/h13,18H,3-9,11H2,1-2H3. The Morgan fingerprint density at radius 1 is 1.40 bits per heavy atom. The van der Waals surface area contributed by atoms with Gasteiger partial charge < -0.3 is 4.57 Å². The van der Waals surface area contributed by atoms with Crippen molar-refractivity contribution in [3.63, 3.8) is 0 Å². The number of aromatic nitrogens is 2. The molecule has 0 aliphatic heterocycles. The number of hydrogen-bond donors (Lipinski definition) is 1. The predicted octanol–water partition coefficient (Wildman–Crippen LogP) is 2.35. The Kier molecular flexibility index (Phi) is 3.55. The first-order chi connectivity index (χ1) is 9.70. The highest BCUT2D eigenvalue weighted by Gasteiger charge is 2.46. The van der Waals surface area contributed by atoms with Crippen molar-refractivity contribution in [2.45, 2.75) is 64.5 Å². The molecule has 108 valence electrons. The van der Waals surface area contributed by atoms with Gasteiger partial charge in [-0.25, -0.2) is 4.98 Å². The van der Waals surface area contributed by atoms with Crippen LogP contribution in [0.2, 0.25) is 0 Å². The van der Waals surface area contributed by atoms with E-state index in [0.29, 0.717) is 5.92 Å². The summed E-state index contributed by atoms with van der Waals surface area (Å²) >= 11 is 0. The molecule has 1 N–H and O–H groups in total. The van der Waals surface area contributed by atoms with E-state index < -0.39 is 5.54 Å². The van der Waals surface area contributed by atoms with Gasteiger partial charge in [0.15, 0.2) is 0 Å². The Labute approximate surface area is 121 Å². The minimum atomic E-state index is -0.397. The van der Waals surface area contributed by atoms with Gasteiger partial charge in [0.05, 0.1) is 18.3 Å². The number of nitrogens with one attached hydrogen (secondary N) is 1. The van der Waals surface area contributed by atoms with Crippen molar-refractivity contribution in [3.05, 3.63) is 17.2 Å². The lowest BCUT2D eigenvalue weighted by Gasteiger charge is -2.30. The van der Waals surface area contributed by atoms with Gasteiger partial charge in [-0.3, -0.25) is 5.32 Å². The first kappa shape index (κ1) is 13.6. The van der Waals surface area contributed by atoms with Crippen LogP contribution in [0, 0.1) is 24.2 Å². The Morgan fingerprint density at radius 3 is 2.80 bits per heavy atom. The molecule has 4 nitrogen and oxygen atoms in total. The molecule has 4 heteroatoms. The van der Waals surface area contributed by atoms with E-state index in [1.807, 2.05) is 0 Å². The van der Waals surface area contributed by atoms with Crippen LogP contribution in [0.25, 0.3) is 0 Å². The van der Waals surface area contributed by atoms with Crippen molar-refractivity contribution in [3.8, 4) is 6.07 Å². The maximum Gasteiger partial charge on any atom is 0.127 e. The molecule has 1 unspecified atom stereocenters. The molecule has 0 bridgehead atoms. The molecule has 1 fully saturated rings. The van der Waals surface area contributed by atoms with E-state index in [4.69, 9.17) is 4.98 Å². The molecule has 1 saturated carbocycles. The smallest absolute Gasteiger partial charge is 0.127 e. The fraction of sp³-hybridized carbons (Fsp3) is 0.750. The van der Waals surface area contributed by atoms with Gasteiger partial charge in [-0.05, 0) is 57.9 Å². The van der Waals surface area contributed by atoms with Crippen molar-refractivity contribution in [2.24, 2.45) is 5.92 Å². The van der Waals surface area contributed by atoms with Crippen LogP contribution in [0.5, 0.6) is 0 Å². The van der Waals surface area contributed by atoms with E-state index >= 15 is 0 Å². The molecule has 1 aromatic rings. The summed E-state index contributed by atoms with van der Waals surface area (Å²) in [5.74, 6) is 1.59. The molecular weight excluding hydrogens is 248 g/mol. The van der Waals surface area contributed by atoms with Gasteiger partial charge in [0.2, 0.25) is 0 Å². The number of hydrogen-bond acceptors (Lipinski definition) is 3. The van der Waals surface area contributed by atoms with Crippen LogP contribution in [0.3, 0.4) is 0 Å². The van der Waals surface area contributed by atoms with Gasteiger partial charge in [0, 0.05) is 5.69 Å². The molecule has 20 heavy (non-hydrogen) atoms. The van der Waals surface area contributed by atoms with E-state index in [1.54, 1.807) is 0 Å². The van der Waals surface area contributed by atoms with Gasteiger partial charge in [-0.15, -0.1) is 0 Å². The zero-order valence-electron chi connectivity index (χ0n) is 12.6. The fourth-order valence-corrected chi connectivity index (χ4v) is 3.58. The maximum absolute atomic E-state index is 9.77. The molecule has 0 amide bonds. The maximum atomic E-state index is 9.77. The van der Waals surface area contributed by atoms with Crippen molar-refractivity contribution in [1.29, 1.82) is 5.26 Å². The van der Waals surface area contributed by atoms with Crippen molar-refractivity contribution in [1.82, 2.24) is 14.9 Å². The van der Waals surface area contributed by atoms with Gasteiger partial charge >= 0.3 is 0 Å². The molecule has 1 heterocycles. The Bertz CT molecular complexity index is 535. The first-order valence-corrected chi connectivity index (χ1v) is 7.91. The van der Waals surface area contributed by atoms with E-state index in [2.05, 4.69) is 29.8 Å². The summed E-state index contributed by atoms with van der Waals surface area (Å²) in [4.78, 5) is 4.74. The molecule has 1 aromatic heterocycles. The second kappa shape index (κ2) is 5.21. The number of nitriles is 1. The average molecular weight is 272 g/mol. The fourth-order valence-electron chi connectivity index (χ4n) is 3.58. The molecule has 3 rings (SSSR count). The zero-order valence-corrected chi connectivity index (χ0v) is 12.6. The Morgan fingerprint density at radius 2 is 2.15 bits per heavy atom. The summed E-state index contributed by atoms with van der Waals surface area (Å²) in [6.07, 6.45) is 7.08. The van der Waals surface area contributed by atoms with Crippen LogP contribution in [-0.2, 0) is 19.4 Å². The number of aryl methyl sites for hydroxylation is 2. The van der Waals surface area contributed by atoms with Gasteiger partial charge in [-0.2, -0.15) is 5.26 Å². The molecule has 2 aliphatic rings. The molecule has 0 saturated heterocycles. The molecule has 1 atom stereocenters. The second-order valence-corrected chi connectivity index (χ2v) is 6.23. The highest BCUT2D eigenvalue weighted by molar-refractivity contribution is 5.23. The number of likely N-dealkylation sites (N-methyl/N-ethyl adjacent to an activating group) is 1. The molecule has 0 spiro atoms. The normalized spacial score (nSPS) is 21.1. The van der Waals surface area contributed by atoms with Crippen LogP contribution in [0.15, 0.2) is 0 Å². The summed E-state index contributed by atoms with van der Waals surface area (Å²) < 4.78 is 2.32. The SMILES string of the molecule is CCNC(C#N)(Cn1c(C)nc2c1CCCC2)C1CC1. The van der Waals surface area contributed by atoms with Gasteiger partial charge in [-0.1, -0.05) is 6.92 Å². The summed E-state index contributed by atoms with van der Waals surface area (Å²) in [6.45, 7) is 5.78. The highest BCUT2D eigenvalue weighted by atomic mass is 15.1. The van der Waals surface area contributed by atoms with Crippen LogP contribution >= 0.6 is 0 Å². The lowest BCUT2D eigenvalue weighted by Crippen LogP contribution is -2.50. The Balaban J connectivity index is 1.93. The van der Waals surface area contributed by atoms with Gasteiger partial charge in [0.25, 0.3) is 0 Å². The van der Waals surface area contributed by atoms with Crippen molar-refractivity contribution >= 4 is 0 Å². The monoisotopic (exact) mass is 272 g/mol. The number of fused-ring (bicyclic) bond motifs is 1. The number of imidazole rings is 1. The second-order valence-electron chi connectivity index (χ2n) is 6.23. The lowest BCUT2D eigenvalue weighted by molar-refractivity contribution is 0.317. The average Bonchev–Trinajstić information content (AvgIpc) is 3.25. The minimum Gasteiger partial charge on any atom is -0.329 e. The number of nitrogens with zero attached hydrogens (tertiary/aromatic N) is 3. The quantitative estimate of drug-likeness (QED) is 0.895. The summed E-state index contributed by atoms with van der Waals surface area (Å²) in [6, 6.07) is 2.59. The first-order valence-electron chi connectivity index (χ1n) is 7.91. The minimum absolute atomic E-state index is 0.397. The summed E-state index contributed by atoms with van der Waals surface area (Å²) in [5, 5.41) is 13.2. The van der Waals surface area contributed by atoms with E-state index in [-0.39, 0.29) is 0 Å². The van der Waals surface area contributed by atoms with E-state index in [0.717, 1.165) is 31.8 Å². The molecule has 2 aliphatic carbocycles. The largest absolute Gasteiger partial charge is 0.329 e. The third-order valence-corrected chi connectivity index (χ3v) is 4.80. The van der Waals surface area contributed by atoms with E-state index in [9.17, 15) is 5.26 Å². The molecule has 0 radical (unpaired) electrons. The topological polar surface area (TPSA) is 53.6 Å². The third-order valence-electron chi connectivity index (χ3n) is 4.80. The molecular formula is C16H24N4. The predicted molar refractivity (Wildman–Crippen MR) is 78.4 cm³/mol. The lowest BCUT2D eigenvalue weighted by atomic mass is 9.93. The van der Waals surface area contributed by atoms with Gasteiger partial charge in [0.1, 0.15) is 11.4 Å². The van der Waals surface area contributed by atoms with Crippen LogP contribution in [0.1, 0.15) is 49.8 Å². The number of rotatable bonds is 5. The van der Waals surface area contributed by atoms with Crippen LogP contribution in [0.4, 0.5) is 0 Å². The summed E-state index contributed by atoms with van der Waals surface area (Å²) in [5.41, 5.74) is 2.26. The van der Waals surface area contributed by atoms with Crippen LogP contribution < -0.4 is 5.32 Å². The summed E-state index contributed by atoms with van der Waals surface area (Å²) in [7, 11) is 0. The van der Waals surface area contributed by atoms with Crippen molar-refractivity contribution in [2.75, 3.05) is 6.54 Å². The van der Waals surface area contributed by atoms with Crippen LogP contribution in [-0.4, -0.2) is 21.6 Å². The van der Waals surface area contributed by atoms with E-state index in [1.165, 1.54) is 37.1 Å². The van der Waals surface area contributed by atoms with Crippen molar-refractivity contribution < 1.29 is 0 Å². The Hall–Kier alpha value is -1.34. The zero-order chi connectivity index (χ0) is 14.2. The molecule has 0 aromatic carbocycles. The third kappa shape index (κ3) is 2.25. The highest BCUT2D eigenvalue weighted by Crippen LogP contribution is 2.41.